The molecule has 4 rings (SSSR count). The van der Waals surface area contributed by atoms with E-state index < -0.39 is 11.7 Å². The third-order valence-corrected chi connectivity index (χ3v) is 4.66. The number of hydrogen-bond acceptors (Lipinski definition) is 3. The van der Waals surface area contributed by atoms with Gasteiger partial charge in [0.25, 0.3) is 5.91 Å². The molecule has 0 bridgehead atoms. The lowest BCUT2D eigenvalue weighted by atomic mass is 9.98. The van der Waals surface area contributed by atoms with Gasteiger partial charge in [-0.05, 0) is 41.8 Å². The first-order valence-corrected chi connectivity index (χ1v) is 8.16. The lowest BCUT2D eigenvalue weighted by Gasteiger charge is -2.31. The quantitative estimate of drug-likeness (QED) is 0.793. The average molecular weight is 348 g/mol. The van der Waals surface area contributed by atoms with Gasteiger partial charge in [-0.15, -0.1) is 0 Å². The summed E-state index contributed by atoms with van der Waals surface area (Å²) in [6, 6.07) is 8.15. The second-order valence-corrected chi connectivity index (χ2v) is 6.25. The summed E-state index contributed by atoms with van der Waals surface area (Å²) < 4.78 is 25.2. The fourth-order valence-corrected chi connectivity index (χ4v) is 3.37. The monoisotopic (exact) mass is 347 g/mol. The molecule has 0 N–H and O–H groups in total. The van der Waals surface area contributed by atoms with Crippen molar-refractivity contribution in [3.8, 4) is 11.5 Å². The third-order valence-electron chi connectivity index (χ3n) is 4.34. The van der Waals surface area contributed by atoms with Crippen LogP contribution in [0.1, 0.15) is 21.5 Å². The Balaban J connectivity index is 1.63. The average Bonchev–Trinajstić information content (AvgIpc) is 2.59. The van der Waals surface area contributed by atoms with Gasteiger partial charge in [0.15, 0.2) is 11.5 Å². The Hall–Kier alpha value is -2.27. The summed E-state index contributed by atoms with van der Waals surface area (Å²) in [6.07, 6.45) is 0.684. The summed E-state index contributed by atoms with van der Waals surface area (Å²) >= 11 is 6.01. The van der Waals surface area contributed by atoms with Crippen LogP contribution in [0.2, 0.25) is 5.02 Å². The summed E-state index contributed by atoms with van der Waals surface area (Å²) in [5, 5.41) is 0.132. The van der Waals surface area contributed by atoms with E-state index in [9.17, 15) is 9.18 Å². The van der Waals surface area contributed by atoms with Crippen molar-refractivity contribution in [1.29, 1.82) is 0 Å². The minimum absolute atomic E-state index is 0.0693. The minimum atomic E-state index is -0.597. The number of halogens is 2. The number of hydrogen-bond donors (Lipinski definition) is 0. The molecule has 0 aliphatic carbocycles. The second kappa shape index (κ2) is 5.98. The molecule has 2 aliphatic rings. The molecule has 0 atom stereocenters. The van der Waals surface area contributed by atoms with E-state index in [1.165, 1.54) is 18.2 Å². The van der Waals surface area contributed by atoms with Crippen LogP contribution in [-0.2, 0) is 13.0 Å². The van der Waals surface area contributed by atoms with Gasteiger partial charge in [-0.25, -0.2) is 4.39 Å². The molecule has 2 aliphatic heterocycles. The van der Waals surface area contributed by atoms with Crippen molar-refractivity contribution in [2.75, 3.05) is 19.8 Å². The SMILES string of the molecule is O=C(c1c(F)cccc1Cl)N1CCc2cc3c(cc2C1)OCCO3. The van der Waals surface area contributed by atoms with Gasteiger partial charge in [0.1, 0.15) is 19.0 Å². The predicted octanol–water partition coefficient (Wildman–Crippen LogP) is 3.45. The first-order valence-electron chi connectivity index (χ1n) is 7.78. The number of benzene rings is 2. The number of carbonyl (C=O) groups is 1. The van der Waals surface area contributed by atoms with Crippen LogP contribution in [0.5, 0.6) is 11.5 Å². The number of ether oxygens (including phenoxy) is 2. The molecule has 0 saturated heterocycles. The van der Waals surface area contributed by atoms with Crippen molar-refractivity contribution in [3.05, 3.63) is 57.9 Å². The Bertz CT molecular complexity index is 804. The molecule has 2 aromatic rings. The number of nitrogens with zero attached hydrogens (tertiary/aromatic N) is 1. The standard InChI is InChI=1S/C18H15ClFNO3/c19-13-2-1-3-14(20)17(13)18(22)21-5-4-11-8-15-16(9-12(11)10-21)24-7-6-23-15/h1-3,8-9H,4-7,10H2. The van der Waals surface area contributed by atoms with Gasteiger partial charge < -0.3 is 14.4 Å². The summed E-state index contributed by atoms with van der Waals surface area (Å²) in [4.78, 5) is 14.3. The topological polar surface area (TPSA) is 38.8 Å². The van der Waals surface area contributed by atoms with Crippen LogP contribution in [-0.4, -0.2) is 30.6 Å². The van der Waals surface area contributed by atoms with Crippen molar-refractivity contribution in [2.24, 2.45) is 0 Å². The lowest BCUT2D eigenvalue weighted by Crippen LogP contribution is -2.36. The first-order chi connectivity index (χ1) is 11.6. The van der Waals surface area contributed by atoms with Crippen LogP contribution in [0.15, 0.2) is 30.3 Å². The van der Waals surface area contributed by atoms with E-state index in [0.29, 0.717) is 38.5 Å². The Kier molecular flexibility index (Phi) is 3.81. The predicted molar refractivity (Wildman–Crippen MR) is 87.3 cm³/mol. The number of fused-ring (bicyclic) bond motifs is 2. The van der Waals surface area contributed by atoms with Crippen molar-refractivity contribution >= 4 is 17.5 Å². The van der Waals surface area contributed by atoms with Gasteiger partial charge in [-0.3, -0.25) is 4.79 Å². The van der Waals surface area contributed by atoms with Crippen molar-refractivity contribution in [1.82, 2.24) is 4.90 Å². The lowest BCUT2D eigenvalue weighted by molar-refractivity contribution is 0.0729. The molecule has 124 valence electrons. The zero-order valence-corrected chi connectivity index (χ0v) is 13.6. The molecule has 0 fully saturated rings. The van der Waals surface area contributed by atoms with Crippen LogP contribution < -0.4 is 9.47 Å². The maximum absolute atomic E-state index is 14.0. The molecule has 4 nitrogen and oxygen atoms in total. The molecule has 2 aromatic carbocycles. The molecule has 0 radical (unpaired) electrons. The fraction of sp³-hybridized carbons (Fsp3) is 0.278. The van der Waals surface area contributed by atoms with Crippen LogP contribution in [0, 0.1) is 5.82 Å². The number of carbonyl (C=O) groups excluding carboxylic acids is 1. The van der Waals surface area contributed by atoms with Crippen LogP contribution >= 0.6 is 11.6 Å². The molecule has 0 unspecified atom stereocenters. The van der Waals surface area contributed by atoms with Gasteiger partial charge in [-0.1, -0.05) is 17.7 Å². The largest absolute Gasteiger partial charge is 0.486 e. The van der Waals surface area contributed by atoms with E-state index in [2.05, 4.69) is 0 Å². The molecule has 2 heterocycles. The highest BCUT2D eigenvalue weighted by Gasteiger charge is 2.27. The van der Waals surface area contributed by atoms with Crippen molar-refractivity contribution < 1.29 is 18.7 Å². The van der Waals surface area contributed by atoms with Crippen molar-refractivity contribution in [2.45, 2.75) is 13.0 Å². The third kappa shape index (κ3) is 2.59. The van der Waals surface area contributed by atoms with Gasteiger partial charge in [0.05, 0.1) is 10.6 Å². The smallest absolute Gasteiger partial charge is 0.258 e. The summed E-state index contributed by atoms with van der Waals surface area (Å²) in [6.45, 7) is 1.97. The van der Waals surface area contributed by atoms with Gasteiger partial charge in [0.2, 0.25) is 0 Å². The molecule has 0 saturated carbocycles. The Morgan fingerprint density at radius 1 is 1.12 bits per heavy atom. The highest BCUT2D eigenvalue weighted by atomic mass is 35.5. The van der Waals surface area contributed by atoms with E-state index in [-0.39, 0.29) is 10.6 Å². The van der Waals surface area contributed by atoms with E-state index in [0.717, 1.165) is 16.9 Å². The maximum atomic E-state index is 14.0. The molecule has 0 spiro atoms. The Morgan fingerprint density at radius 3 is 2.54 bits per heavy atom. The molecular weight excluding hydrogens is 333 g/mol. The number of rotatable bonds is 1. The van der Waals surface area contributed by atoms with Gasteiger partial charge in [-0.2, -0.15) is 0 Å². The molecule has 1 amide bonds. The maximum Gasteiger partial charge on any atom is 0.258 e. The summed E-state index contributed by atoms with van der Waals surface area (Å²) in [5.41, 5.74) is 2.05. The minimum Gasteiger partial charge on any atom is -0.486 e. The second-order valence-electron chi connectivity index (χ2n) is 5.84. The van der Waals surface area contributed by atoms with E-state index in [4.69, 9.17) is 21.1 Å². The molecule has 6 heteroatoms. The van der Waals surface area contributed by atoms with E-state index >= 15 is 0 Å². The fourth-order valence-electron chi connectivity index (χ4n) is 3.13. The zero-order chi connectivity index (χ0) is 16.7. The normalized spacial score (nSPS) is 15.8. The van der Waals surface area contributed by atoms with Gasteiger partial charge in [0, 0.05) is 13.1 Å². The van der Waals surface area contributed by atoms with Crippen LogP contribution in [0.3, 0.4) is 0 Å². The van der Waals surface area contributed by atoms with Crippen molar-refractivity contribution in [3.63, 3.8) is 0 Å². The molecule has 0 aromatic heterocycles. The number of amides is 1. The van der Waals surface area contributed by atoms with Crippen LogP contribution in [0.25, 0.3) is 0 Å². The summed E-state index contributed by atoms with van der Waals surface area (Å²) in [7, 11) is 0. The van der Waals surface area contributed by atoms with Gasteiger partial charge >= 0.3 is 0 Å². The Labute approximate surface area is 143 Å². The highest BCUT2D eigenvalue weighted by Crippen LogP contribution is 2.36. The zero-order valence-electron chi connectivity index (χ0n) is 12.9. The van der Waals surface area contributed by atoms with E-state index in [1.807, 2.05) is 12.1 Å². The molecular formula is C18H15ClFNO3. The Morgan fingerprint density at radius 2 is 1.83 bits per heavy atom. The first kappa shape index (κ1) is 15.3. The summed E-state index contributed by atoms with van der Waals surface area (Å²) in [5.74, 6) is 0.453. The molecule has 24 heavy (non-hydrogen) atoms. The van der Waals surface area contributed by atoms with Crippen LogP contribution in [0.4, 0.5) is 4.39 Å². The van der Waals surface area contributed by atoms with E-state index in [1.54, 1.807) is 4.90 Å². The highest BCUT2D eigenvalue weighted by molar-refractivity contribution is 6.33.